The summed E-state index contributed by atoms with van der Waals surface area (Å²) in [6.45, 7) is 3.03. The number of carbonyl (C=O) groups is 4. The van der Waals surface area contributed by atoms with Crippen LogP contribution in [0.4, 0.5) is 20.4 Å². The topological polar surface area (TPSA) is 158 Å². The summed E-state index contributed by atoms with van der Waals surface area (Å²) < 4.78 is 6.31. The number of aromatic nitrogens is 1. The number of hydrogen-bond donors (Lipinski definition) is 3. The summed E-state index contributed by atoms with van der Waals surface area (Å²) in [5.41, 5.74) is 10.00. The maximum Gasteiger partial charge on any atom is 0.518 e. The van der Waals surface area contributed by atoms with Crippen molar-refractivity contribution in [2.24, 2.45) is 0 Å². The minimum Gasteiger partial charge on any atom is -0.415 e. The lowest BCUT2D eigenvalue weighted by Gasteiger charge is -2.46. The van der Waals surface area contributed by atoms with Gasteiger partial charge in [-0.1, -0.05) is 72.9 Å². The Kier molecular flexibility index (Phi) is 9.85. The Morgan fingerprint density at radius 2 is 1.83 bits per heavy atom. The van der Waals surface area contributed by atoms with Crippen molar-refractivity contribution in [2.75, 3.05) is 32.4 Å². The van der Waals surface area contributed by atoms with Gasteiger partial charge in [-0.05, 0) is 41.3 Å². The van der Waals surface area contributed by atoms with Crippen LogP contribution in [0.25, 0.3) is 10.2 Å². The van der Waals surface area contributed by atoms with E-state index in [9.17, 15) is 19.2 Å². The molecule has 2 fully saturated rings. The Labute approximate surface area is 282 Å². The van der Waals surface area contributed by atoms with Gasteiger partial charge in [0, 0.05) is 26.6 Å². The van der Waals surface area contributed by atoms with E-state index in [4.69, 9.17) is 10.5 Å². The molecule has 3 aromatic carbocycles. The van der Waals surface area contributed by atoms with Gasteiger partial charge in [0.05, 0.1) is 23.3 Å². The molecule has 3 heterocycles. The first kappa shape index (κ1) is 32.9. The zero-order valence-corrected chi connectivity index (χ0v) is 27.7. The van der Waals surface area contributed by atoms with Gasteiger partial charge < -0.3 is 25.6 Å². The highest BCUT2D eigenvalue weighted by molar-refractivity contribution is 7.22. The van der Waals surface area contributed by atoms with Crippen LogP contribution in [0, 0.1) is 0 Å². The number of hydrazine groups is 1. The number of carbonyl (C=O) groups excluding carboxylic acids is 4. The summed E-state index contributed by atoms with van der Waals surface area (Å²) in [6, 6.07) is 21.4. The largest absolute Gasteiger partial charge is 0.518 e. The summed E-state index contributed by atoms with van der Waals surface area (Å²) >= 11 is 1.39. The molecule has 0 spiro atoms. The van der Waals surface area contributed by atoms with Crippen molar-refractivity contribution in [3.8, 4) is 0 Å². The number of piperazine rings is 1. The normalized spacial score (nSPS) is 17.9. The van der Waals surface area contributed by atoms with Crippen LogP contribution in [0.3, 0.4) is 0 Å². The highest BCUT2D eigenvalue weighted by Crippen LogP contribution is 2.32. The van der Waals surface area contributed by atoms with Gasteiger partial charge in [0.1, 0.15) is 24.5 Å². The average molecular weight is 672 g/mol. The van der Waals surface area contributed by atoms with E-state index >= 15 is 0 Å². The first-order chi connectivity index (χ1) is 23.2. The molecule has 2 atom stereocenters. The number of para-hydroxylation sites is 1. The molecule has 2 aliphatic rings. The maximum absolute atomic E-state index is 14.3. The number of nitrogen functional groups attached to an aromatic ring is 1. The summed E-state index contributed by atoms with van der Waals surface area (Å²) in [5, 5.41) is 7.90. The molecule has 4 aromatic rings. The number of nitrogens with one attached hydrogen (secondary N) is 1. The molecule has 14 heteroatoms. The number of amides is 5. The van der Waals surface area contributed by atoms with Crippen LogP contribution < -0.4 is 16.4 Å². The Balaban J connectivity index is 1.23. The van der Waals surface area contributed by atoms with Crippen molar-refractivity contribution < 1.29 is 29.2 Å². The van der Waals surface area contributed by atoms with E-state index in [1.54, 1.807) is 39.0 Å². The van der Waals surface area contributed by atoms with Crippen molar-refractivity contribution in [3.05, 3.63) is 89.5 Å². The molecule has 13 nitrogen and oxygen atoms in total. The zero-order chi connectivity index (χ0) is 33.8. The molecule has 5 N–H and O–H groups in total. The fourth-order valence-electron chi connectivity index (χ4n) is 6.31. The number of nitrogens with two attached hydrogens (primary N) is 2. The number of hydrogen-bond acceptors (Lipinski definition) is 9. The van der Waals surface area contributed by atoms with Gasteiger partial charge in [0.25, 0.3) is 0 Å². The van der Waals surface area contributed by atoms with Crippen molar-refractivity contribution >= 4 is 56.3 Å². The Morgan fingerprint density at radius 3 is 2.56 bits per heavy atom. The van der Waals surface area contributed by atoms with Gasteiger partial charge in [0.15, 0.2) is 5.13 Å². The number of urea groups is 1. The van der Waals surface area contributed by atoms with Crippen molar-refractivity contribution in [1.29, 1.82) is 0 Å². The Bertz CT molecular complexity index is 1800. The van der Waals surface area contributed by atoms with Crippen LogP contribution in [0.15, 0.2) is 72.8 Å². The van der Waals surface area contributed by atoms with E-state index in [-0.39, 0.29) is 50.5 Å². The molecule has 1 aromatic heterocycles. The summed E-state index contributed by atoms with van der Waals surface area (Å²) in [4.78, 5) is 61.2. The number of quaternary nitrogens is 1. The summed E-state index contributed by atoms with van der Waals surface area (Å²) in [6.07, 6.45) is -0.0605. The van der Waals surface area contributed by atoms with Crippen LogP contribution in [-0.4, -0.2) is 87.6 Å². The lowest BCUT2D eigenvalue weighted by atomic mass is 9.99. The summed E-state index contributed by atoms with van der Waals surface area (Å²) in [5.74, 6) is -0.410. The molecule has 0 bridgehead atoms. The molecule has 48 heavy (non-hydrogen) atoms. The molecule has 0 aliphatic carbocycles. The molecule has 2 saturated heterocycles. The number of fused-ring (bicyclic) bond motifs is 2. The first-order valence-electron chi connectivity index (χ1n) is 15.9. The van der Waals surface area contributed by atoms with E-state index in [1.165, 1.54) is 16.7 Å². The quantitative estimate of drug-likeness (QED) is 0.217. The maximum atomic E-state index is 14.3. The minimum absolute atomic E-state index is 0.0209. The SMILES string of the molecule is CCCN(C(=O)NC)N1CC(=O)N2C(Cc3ccc([NH2+]C(=O)OCc4ccccc4)cc3)C(=O)N(Cc3cccc4sc(N)nc34)CC21. The number of thiazole rings is 1. The van der Waals surface area contributed by atoms with E-state index in [1.807, 2.05) is 67.6 Å². The number of nitrogens with zero attached hydrogens (tertiary/aromatic N) is 5. The molecule has 5 amide bonds. The van der Waals surface area contributed by atoms with Crippen molar-refractivity contribution in [2.45, 2.75) is 45.1 Å². The van der Waals surface area contributed by atoms with E-state index < -0.39 is 18.3 Å². The molecule has 2 unspecified atom stereocenters. The van der Waals surface area contributed by atoms with Gasteiger partial charge in [-0.25, -0.2) is 15.1 Å². The predicted molar refractivity (Wildman–Crippen MR) is 180 cm³/mol. The Morgan fingerprint density at radius 1 is 1.06 bits per heavy atom. The lowest BCUT2D eigenvalue weighted by molar-refractivity contribution is -0.483. The third kappa shape index (κ3) is 6.95. The molecule has 0 radical (unpaired) electrons. The van der Waals surface area contributed by atoms with Gasteiger partial charge in [-0.2, -0.15) is 9.80 Å². The molecular formula is C34H39N8O5S+. The summed E-state index contributed by atoms with van der Waals surface area (Å²) in [7, 11) is 1.56. The highest BCUT2D eigenvalue weighted by atomic mass is 32.1. The zero-order valence-electron chi connectivity index (χ0n) is 26.9. The molecule has 6 rings (SSSR count). The number of benzene rings is 3. The third-order valence-electron chi connectivity index (χ3n) is 8.56. The monoisotopic (exact) mass is 671 g/mol. The molecular weight excluding hydrogens is 632 g/mol. The van der Waals surface area contributed by atoms with E-state index in [0.717, 1.165) is 26.9 Å². The Hall–Kier alpha value is -5.05. The number of ether oxygens (including phenoxy) is 1. The fraction of sp³-hybridized carbons (Fsp3) is 0.324. The van der Waals surface area contributed by atoms with Gasteiger partial charge in [-0.3, -0.25) is 14.6 Å². The van der Waals surface area contributed by atoms with Crippen molar-refractivity contribution in [3.63, 3.8) is 0 Å². The number of anilines is 1. The second-order valence-corrected chi connectivity index (χ2v) is 12.9. The van der Waals surface area contributed by atoms with Crippen LogP contribution >= 0.6 is 11.3 Å². The average Bonchev–Trinajstić information content (AvgIpc) is 3.64. The van der Waals surface area contributed by atoms with Crippen LogP contribution in [0.5, 0.6) is 0 Å². The van der Waals surface area contributed by atoms with Crippen molar-refractivity contribution in [1.82, 2.24) is 30.1 Å². The minimum atomic E-state index is -0.806. The van der Waals surface area contributed by atoms with Gasteiger partial charge >= 0.3 is 12.1 Å². The fourth-order valence-corrected chi connectivity index (χ4v) is 7.10. The number of primary amides is 1. The second kappa shape index (κ2) is 14.4. The number of rotatable bonds is 10. The first-order valence-corrected chi connectivity index (χ1v) is 16.7. The second-order valence-electron chi connectivity index (χ2n) is 11.8. The lowest BCUT2D eigenvalue weighted by Crippen LogP contribution is -2.82. The van der Waals surface area contributed by atoms with E-state index in [0.29, 0.717) is 23.8 Å². The van der Waals surface area contributed by atoms with Gasteiger partial charge in [-0.15, -0.1) is 0 Å². The van der Waals surface area contributed by atoms with Crippen LogP contribution in [-0.2, 0) is 33.9 Å². The van der Waals surface area contributed by atoms with Gasteiger partial charge in [0.2, 0.25) is 11.8 Å². The molecule has 2 aliphatic heterocycles. The standard InChI is InChI=1S/C34H38N8O5S/c1-3-16-40(33(45)36-2)41-20-29(43)42-26(17-22-12-14-25(15-13-22)37-34(46)47-21-23-8-5-4-6-9-23)31(44)39(19-28(41)42)18-24-10-7-11-27-30(24)38-32(35)48-27/h4-15,26,28H,3,16-21H2,1-2H3,(H2,35,38)(H,36,45)(H,37,46)/p+1. The smallest absolute Gasteiger partial charge is 0.415 e. The van der Waals surface area contributed by atoms with Crippen LogP contribution in [0.2, 0.25) is 0 Å². The molecule has 250 valence electrons. The highest BCUT2D eigenvalue weighted by Gasteiger charge is 2.52. The molecule has 0 saturated carbocycles. The van der Waals surface area contributed by atoms with Crippen LogP contribution in [0.1, 0.15) is 30.0 Å². The third-order valence-corrected chi connectivity index (χ3v) is 9.41. The predicted octanol–water partition coefficient (Wildman–Crippen LogP) is 2.80. The van der Waals surface area contributed by atoms with E-state index in [2.05, 4.69) is 10.3 Å².